The van der Waals surface area contributed by atoms with Gasteiger partial charge in [0.15, 0.2) is 11.6 Å². The zero-order chi connectivity index (χ0) is 17.4. The third kappa shape index (κ3) is 3.95. The maximum atomic E-state index is 14.9. The zero-order valence-corrected chi connectivity index (χ0v) is 15.4. The van der Waals surface area contributed by atoms with Crippen LogP contribution in [0, 0.1) is 11.6 Å². The van der Waals surface area contributed by atoms with Gasteiger partial charge in [-0.1, -0.05) is 71.5 Å². The largest absolute Gasteiger partial charge is 0.203 e. The summed E-state index contributed by atoms with van der Waals surface area (Å²) in [5.41, 5.74) is -0.0653. The van der Waals surface area contributed by atoms with Crippen LogP contribution in [0.15, 0.2) is 46.2 Å². The molecule has 0 atom stereocenters. The first kappa shape index (κ1) is 18.0. The summed E-state index contributed by atoms with van der Waals surface area (Å²) in [4.78, 5) is 1.80. The average Bonchev–Trinajstić information content (AvgIpc) is 2.41. The number of rotatable bonds is 2. The lowest BCUT2D eigenvalue weighted by Crippen LogP contribution is -2.21. The lowest BCUT2D eigenvalue weighted by molar-refractivity contribution is 0.430. The van der Waals surface area contributed by atoms with E-state index in [1.165, 1.54) is 11.8 Å². The summed E-state index contributed by atoms with van der Waals surface area (Å²) >= 11 is 1.49. The van der Waals surface area contributed by atoms with Crippen molar-refractivity contribution in [1.82, 2.24) is 0 Å². The van der Waals surface area contributed by atoms with Crippen LogP contribution < -0.4 is 0 Å². The summed E-state index contributed by atoms with van der Waals surface area (Å²) in [6.07, 6.45) is 0. The second-order valence-corrected chi connectivity index (χ2v) is 8.96. The van der Waals surface area contributed by atoms with Gasteiger partial charge in [0.05, 0.1) is 0 Å². The van der Waals surface area contributed by atoms with Crippen LogP contribution in [0.25, 0.3) is 0 Å². The molecule has 0 fully saturated rings. The van der Waals surface area contributed by atoms with Gasteiger partial charge >= 0.3 is 0 Å². The van der Waals surface area contributed by atoms with Crippen molar-refractivity contribution in [2.24, 2.45) is 0 Å². The van der Waals surface area contributed by atoms with E-state index in [4.69, 9.17) is 0 Å². The van der Waals surface area contributed by atoms with Gasteiger partial charge in [0.25, 0.3) is 0 Å². The fraction of sp³-hybridized carbons (Fsp3) is 0.400. The Morgan fingerprint density at radius 1 is 0.783 bits per heavy atom. The molecule has 0 saturated carbocycles. The second kappa shape index (κ2) is 6.27. The van der Waals surface area contributed by atoms with Gasteiger partial charge in [-0.25, -0.2) is 8.78 Å². The van der Waals surface area contributed by atoms with Gasteiger partial charge in [-0.05, 0) is 34.6 Å². The molecule has 2 aromatic carbocycles. The van der Waals surface area contributed by atoms with Crippen LogP contribution in [0.4, 0.5) is 8.78 Å². The van der Waals surface area contributed by atoms with E-state index in [-0.39, 0.29) is 0 Å². The predicted octanol–water partition coefficient (Wildman–Crippen LogP) is 6.71. The normalized spacial score (nSPS) is 12.5. The summed E-state index contributed by atoms with van der Waals surface area (Å²) in [6, 6.07) is 11.6. The lowest BCUT2D eigenvalue weighted by Gasteiger charge is -2.28. The predicted molar refractivity (Wildman–Crippen MR) is 94.3 cm³/mol. The van der Waals surface area contributed by atoms with Crippen molar-refractivity contribution in [3.05, 3.63) is 59.2 Å². The van der Waals surface area contributed by atoms with E-state index in [1.54, 1.807) is 0 Å². The van der Waals surface area contributed by atoms with Gasteiger partial charge in [0, 0.05) is 15.4 Å². The Morgan fingerprint density at radius 3 is 1.83 bits per heavy atom. The first-order chi connectivity index (χ1) is 10.5. The van der Waals surface area contributed by atoms with E-state index in [0.29, 0.717) is 11.1 Å². The highest BCUT2D eigenvalue weighted by atomic mass is 32.2. The summed E-state index contributed by atoms with van der Waals surface area (Å²) in [5.74, 6) is -1.44. The third-order valence-corrected chi connectivity index (χ3v) is 4.75. The molecular weight excluding hydrogens is 310 g/mol. The Morgan fingerprint density at radius 2 is 1.35 bits per heavy atom. The molecule has 2 rings (SSSR count). The Labute approximate surface area is 142 Å². The minimum atomic E-state index is -0.722. The Kier molecular flexibility index (Phi) is 4.91. The number of benzene rings is 2. The highest BCUT2D eigenvalue weighted by Gasteiger charge is 2.30. The molecule has 0 aliphatic carbocycles. The smallest absolute Gasteiger partial charge is 0.163 e. The SMILES string of the molecule is CC(C)(C)c1cc(Sc2ccccc2)c(C(C)(C)C)c(F)c1F. The van der Waals surface area contributed by atoms with Gasteiger partial charge in [0.1, 0.15) is 0 Å². The van der Waals surface area contributed by atoms with Crippen molar-refractivity contribution in [3.63, 3.8) is 0 Å². The average molecular weight is 334 g/mol. The van der Waals surface area contributed by atoms with E-state index < -0.39 is 22.5 Å². The molecule has 0 aliphatic heterocycles. The Bertz CT molecular complexity index is 692. The van der Waals surface area contributed by atoms with Gasteiger partial charge in [-0.2, -0.15) is 0 Å². The van der Waals surface area contributed by atoms with Crippen molar-refractivity contribution in [1.29, 1.82) is 0 Å². The molecule has 0 spiro atoms. The molecule has 0 unspecified atom stereocenters. The van der Waals surface area contributed by atoms with E-state index in [9.17, 15) is 8.78 Å². The van der Waals surface area contributed by atoms with Crippen LogP contribution in [0.1, 0.15) is 52.7 Å². The molecule has 0 N–H and O–H groups in total. The molecule has 124 valence electrons. The first-order valence-corrected chi connectivity index (χ1v) is 8.59. The molecule has 0 aliphatic rings. The monoisotopic (exact) mass is 334 g/mol. The maximum absolute atomic E-state index is 14.9. The minimum Gasteiger partial charge on any atom is -0.203 e. The molecule has 0 amide bonds. The number of hydrogen-bond donors (Lipinski definition) is 0. The van der Waals surface area contributed by atoms with Crippen LogP contribution in [0.5, 0.6) is 0 Å². The topological polar surface area (TPSA) is 0 Å². The summed E-state index contributed by atoms with van der Waals surface area (Å²) in [5, 5.41) is 0. The molecule has 0 aromatic heterocycles. The Balaban J connectivity index is 2.69. The summed E-state index contributed by atoms with van der Waals surface area (Å²) in [7, 11) is 0. The fourth-order valence-corrected chi connectivity index (χ4v) is 3.77. The standard InChI is InChI=1S/C20H24F2S/c1-19(2,3)14-12-15(23-13-10-8-7-9-11-13)16(20(4,5)6)18(22)17(14)21/h7-12H,1-6H3. The molecule has 0 saturated heterocycles. The molecule has 2 aromatic rings. The van der Waals surface area contributed by atoms with Gasteiger partial charge in [-0.15, -0.1) is 0 Å². The van der Waals surface area contributed by atoms with E-state index in [1.807, 2.05) is 77.9 Å². The molecule has 0 radical (unpaired) electrons. The van der Waals surface area contributed by atoms with Crippen LogP contribution >= 0.6 is 11.8 Å². The quantitative estimate of drug-likeness (QED) is 0.588. The minimum absolute atomic E-state index is 0.418. The van der Waals surface area contributed by atoms with Crippen LogP contribution in [-0.4, -0.2) is 0 Å². The second-order valence-electron chi connectivity index (χ2n) is 7.84. The van der Waals surface area contributed by atoms with Gasteiger partial charge in [-0.3, -0.25) is 0 Å². The molecular formula is C20H24F2S. The summed E-state index contributed by atoms with van der Waals surface area (Å²) in [6.45, 7) is 11.4. The molecule has 0 heterocycles. The van der Waals surface area contributed by atoms with Crippen molar-refractivity contribution in [2.75, 3.05) is 0 Å². The van der Waals surface area contributed by atoms with Crippen molar-refractivity contribution >= 4 is 11.8 Å². The molecule has 0 bridgehead atoms. The van der Waals surface area contributed by atoms with Gasteiger partial charge in [0.2, 0.25) is 0 Å². The van der Waals surface area contributed by atoms with Gasteiger partial charge < -0.3 is 0 Å². The zero-order valence-electron chi connectivity index (χ0n) is 14.6. The highest BCUT2D eigenvalue weighted by molar-refractivity contribution is 7.99. The highest BCUT2D eigenvalue weighted by Crippen LogP contribution is 2.42. The van der Waals surface area contributed by atoms with Crippen molar-refractivity contribution in [3.8, 4) is 0 Å². The lowest BCUT2D eigenvalue weighted by atomic mass is 9.81. The fourth-order valence-electron chi connectivity index (χ4n) is 2.54. The number of halogens is 2. The van der Waals surface area contributed by atoms with Crippen LogP contribution in [0.3, 0.4) is 0 Å². The summed E-state index contributed by atoms with van der Waals surface area (Å²) < 4.78 is 29.5. The van der Waals surface area contributed by atoms with Crippen molar-refractivity contribution < 1.29 is 8.78 Å². The maximum Gasteiger partial charge on any atom is 0.163 e. The van der Waals surface area contributed by atoms with Crippen LogP contribution in [-0.2, 0) is 10.8 Å². The van der Waals surface area contributed by atoms with Crippen molar-refractivity contribution in [2.45, 2.75) is 62.2 Å². The molecule has 0 nitrogen and oxygen atoms in total. The molecule has 23 heavy (non-hydrogen) atoms. The van der Waals surface area contributed by atoms with E-state index >= 15 is 0 Å². The number of hydrogen-bond acceptors (Lipinski definition) is 1. The molecule has 3 heteroatoms. The third-order valence-electron chi connectivity index (χ3n) is 3.70. The Hall–Kier alpha value is -1.35. The van der Waals surface area contributed by atoms with Crippen LogP contribution in [0.2, 0.25) is 0 Å². The van der Waals surface area contributed by atoms with E-state index in [0.717, 1.165) is 9.79 Å². The van der Waals surface area contributed by atoms with E-state index in [2.05, 4.69) is 0 Å². The first-order valence-electron chi connectivity index (χ1n) is 7.77.